The summed E-state index contributed by atoms with van der Waals surface area (Å²) in [5, 5.41) is 3.15. The van der Waals surface area contributed by atoms with Gasteiger partial charge in [0.05, 0.1) is 37.4 Å². The molecule has 0 aromatic carbocycles. The smallest absolute Gasteiger partial charge is 0.330 e. The highest BCUT2D eigenvalue weighted by Crippen LogP contribution is 2.33. The van der Waals surface area contributed by atoms with Crippen LogP contribution < -0.4 is 10.1 Å². The van der Waals surface area contributed by atoms with Crippen molar-refractivity contribution in [2.45, 2.75) is 20.8 Å². The molecule has 1 N–H and O–H groups in total. The molecule has 0 spiro atoms. The normalized spacial score (nSPS) is 11.1. The molecule has 10 nitrogen and oxygen atoms in total. The van der Waals surface area contributed by atoms with Gasteiger partial charge in [0, 0.05) is 34.8 Å². The third kappa shape index (κ3) is 5.46. The maximum atomic E-state index is 13.2. The van der Waals surface area contributed by atoms with E-state index >= 15 is 0 Å². The van der Waals surface area contributed by atoms with Gasteiger partial charge >= 0.3 is 5.97 Å². The fourth-order valence-corrected chi connectivity index (χ4v) is 4.06. The van der Waals surface area contributed by atoms with Crippen LogP contribution in [0.4, 0.5) is 5.13 Å². The number of aromatic nitrogens is 5. The number of rotatable bonds is 7. The Balaban J connectivity index is 1.63. The van der Waals surface area contributed by atoms with Crippen LogP contribution in [-0.2, 0) is 9.53 Å². The third-order valence-electron chi connectivity index (χ3n) is 4.84. The highest BCUT2D eigenvalue weighted by Gasteiger charge is 2.19. The van der Waals surface area contributed by atoms with Crippen LogP contribution in [0.1, 0.15) is 34.4 Å². The second-order valence-electron chi connectivity index (χ2n) is 7.38. The molecule has 4 aromatic heterocycles. The van der Waals surface area contributed by atoms with Crippen molar-refractivity contribution in [3.8, 4) is 16.9 Å². The molecule has 0 radical (unpaired) electrons. The molecular formula is C24H22N6O4S. The van der Waals surface area contributed by atoms with Crippen molar-refractivity contribution >= 4 is 44.9 Å². The average Bonchev–Trinajstić information content (AvgIpc) is 3.24. The van der Waals surface area contributed by atoms with Crippen molar-refractivity contribution in [1.29, 1.82) is 0 Å². The highest BCUT2D eigenvalue weighted by atomic mass is 32.1. The van der Waals surface area contributed by atoms with E-state index in [0.717, 1.165) is 17.0 Å². The van der Waals surface area contributed by atoms with Crippen molar-refractivity contribution in [1.82, 2.24) is 24.9 Å². The maximum absolute atomic E-state index is 13.2. The summed E-state index contributed by atoms with van der Waals surface area (Å²) < 4.78 is 10.3. The van der Waals surface area contributed by atoms with Crippen LogP contribution >= 0.6 is 11.3 Å². The molecule has 0 saturated heterocycles. The minimum Gasteiger partial charge on any atom is -0.494 e. The maximum Gasteiger partial charge on any atom is 0.330 e. The van der Waals surface area contributed by atoms with E-state index in [1.54, 1.807) is 20.2 Å². The van der Waals surface area contributed by atoms with Gasteiger partial charge in [-0.2, -0.15) is 4.98 Å². The average molecular weight is 491 g/mol. The number of carbonyl (C=O) groups excluding carboxylic acids is 2. The Morgan fingerprint density at radius 2 is 1.77 bits per heavy atom. The molecule has 0 fully saturated rings. The van der Waals surface area contributed by atoms with Crippen LogP contribution in [0.5, 0.6) is 5.75 Å². The zero-order chi connectivity index (χ0) is 24.9. The summed E-state index contributed by atoms with van der Waals surface area (Å²) in [5.74, 6) is -0.298. The first kappa shape index (κ1) is 23.9. The number of ether oxygens (including phenoxy) is 2. The van der Waals surface area contributed by atoms with Gasteiger partial charge in [-0.15, -0.1) is 0 Å². The molecule has 0 aliphatic heterocycles. The van der Waals surface area contributed by atoms with Crippen molar-refractivity contribution in [3.05, 3.63) is 59.4 Å². The molecule has 178 valence electrons. The number of pyridine rings is 2. The van der Waals surface area contributed by atoms with E-state index in [4.69, 9.17) is 9.47 Å². The lowest BCUT2D eigenvalue weighted by Crippen LogP contribution is -2.14. The van der Waals surface area contributed by atoms with Crippen LogP contribution in [0.2, 0.25) is 0 Å². The van der Waals surface area contributed by atoms with E-state index in [0.29, 0.717) is 38.2 Å². The van der Waals surface area contributed by atoms with E-state index in [-0.39, 0.29) is 12.5 Å². The van der Waals surface area contributed by atoms with Gasteiger partial charge in [-0.1, -0.05) is 11.3 Å². The van der Waals surface area contributed by atoms with Gasteiger partial charge in [0.2, 0.25) is 0 Å². The van der Waals surface area contributed by atoms with Gasteiger partial charge in [0.1, 0.15) is 5.75 Å². The van der Waals surface area contributed by atoms with Gasteiger partial charge < -0.3 is 9.47 Å². The number of thiazole rings is 1. The SMILES string of the molecule is CCOC(=O)/C=C/c1cnc2nc(NC(=O)c3cnc(C)cc3-c3cc(C)ncc3OC)sc2n1. The molecule has 0 saturated carbocycles. The van der Waals surface area contributed by atoms with E-state index in [1.165, 1.54) is 35.9 Å². The molecule has 11 heteroatoms. The molecular weight excluding hydrogens is 468 g/mol. The highest BCUT2D eigenvalue weighted by molar-refractivity contribution is 7.21. The number of anilines is 1. The first-order chi connectivity index (χ1) is 16.9. The number of nitrogens with one attached hydrogen (secondary N) is 1. The van der Waals surface area contributed by atoms with Gasteiger partial charge in [-0.25, -0.2) is 14.8 Å². The number of hydrogen-bond acceptors (Lipinski definition) is 10. The monoisotopic (exact) mass is 490 g/mol. The minimum absolute atomic E-state index is 0.289. The van der Waals surface area contributed by atoms with E-state index < -0.39 is 5.97 Å². The predicted octanol–water partition coefficient (Wildman–Crippen LogP) is 4.00. The lowest BCUT2D eigenvalue weighted by molar-refractivity contribution is -0.137. The molecule has 0 atom stereocenters. The lowest BCUT2D eigenvalue weighted by Gasteiger charge is -2.13. The summed E-state index contributed by atoms with van der Waals surface area (Å²) in [5.41, 5.74) is 4.16. The fraction of sp³-hybridized carbons (Fsp3) is 0.208. The first-order valence-corrected chi connectivity index (χ1v) is 11.5. The zero-order valence-electron chi connectivity index (χ0n) is 19.5. The molecule has 4 rings (SSSR count). The van der Waals surface area contributed by atoms with Crippen molar-refractivity contribution < 1.29 is 19.1 Å². The third-order valence-corrected chi connectivity index (χ3v) is 5.69. The Bertz CT molecular complexity index is 1450. The number of aryl methyl sites for hydroxylation is 2. The van der Waals surface area contributed by atoms with Crippen molar-refractivity contribution in [2.75, 3.05) is 19.0 Å². The summed E-state index contributed by atoms with van der Waals surface area (Å²) in [6.45, 7) is 5.74. The van der Waals surface area contributed by atoms with Crippen molar-refractivity contribution in [3.63, 3.8) is 0 Å². The molecule has 4 aromatic rings. The topological polar surface area (TPSA) is 129 Å². The van der Waals surface area contributed by atoms with Crippen LogP contribution in [0.3, 0.4) is 0 Å². The number of fused-ring (bicyclic) bond motifs is 1. The first-order valence-electron chi connectivity index (χ1n) is 10.7. The standard InChI is InChI=1S/C24H22N6O4S/c1-5-34-20(31)7-6-15-10-27-21-23(28-15)35-24(29-21)30-22(32)18-11-25-13(2)8-16(18)17-9-14(3)26-12-19(17)33-4/h6-12H,5H2,1-4H3,(H,27,29,30,32)/b7-6+. The number of esters is 1. The summed E-state index contributed by atoms with van der Waals surface area (Å²) in [6.07, 6.45) is 7.43. The van der Waals surface area contributed by atoms with E-state index in [1.807, 2.05) is 26.0 Å². The molecule has 0 aliphatic carbocycles. The zero-order valence-corrected chi connectivity index (χ0v) is 20.3. The van der Waals surface area contributed by atoms with Gasteiger partial charge in [0.15, 0.2) is 15.6 Å². The lowest BCUT2D eigenvalue weighted by atomic mass is 9.99. The quantitative estimate of drug-likeness (QED) is 0.302. The van der Waals surface area contributed by atoms with Crippen LogP contribution in [0.15, 0.2) is 36.8 Å². The van der Waals surface area contributed by atoms with Gasteiger partial charge in [0.25, 0.3) is 5.91 Å². The molecule has 1 amide bonds. The Kier molecular flexibility index (Phi) is 7.06. The summed E-state index contributed by atoms with van der Waals surface area (Å²) >= 11 is 1.17. The largest absolute Gasteiger partial charge is 0.494 e. The van der Waals surface area contributed by atoms with Crippen LogP contribution in [-0.4, -0.2) is 50.5 Å². The van der Waals surface area contributed by atoms with E-state index in [2.05, 4.69) is 30.2 Å². The number of nitrogens with zero attached hydrogens (tertiary/aromatic N) is 5. The van der Waals surface area contributed by atoms with Gasteiger partial charge in [-0.3, -0.25) is 20.1 Å². The summed E-state index contributed by atoms with van der Waals surface area (Å²) in [4.78, 5) is 46.9. The molecule has 0 bridgehead atoms. The summed E-state index contributed by atoms with van der Waals surface area (Å²) in [6, 6.07) is 3.69. The number of methoxy groups -OCH3 is 1. The predicted molar refractivity (Wildman–Crippen MR) is 132 cm³/mol. The second kappa shape index (κ2) is 10.3. The molecule has 0 aliphatic rings. The molecule has 35 heavy (non-hydrogen) atoms. The number of carbonyl (C=O) groups is 2. The Labute approximate surface area is 205 Å². The van der Waals surface area contributed by atoms with Crippen LogP contribution in [0.25, 0.3) is 27.7 Å². The second-order valence-corrected chi connectivity index (χ2v) is 8.36. The molecule has 4 heterocycles. The number of amides is 1. The van der Waals surface area contributed by atoms with Crippen LogP contribution in [0, 0.1) is 13.8 Å². The fourth-order valence-electron chi connectivity index (χ4n) is 3.26. The van der Waals surface area contributed by atoms with Gasteiger partial charge in [-0.05, 0) is 39.0 Å². The Morgan fingerprint density at radius 3 is 2.51 bits per heavy atom. The Hall–Kier alpha value is -4.25. The van der Waals surface area contributed by atoms with Crippen molar-refractivity contribution in [2.24, 2.45) is 0 Å². The minimum atomic E-state index is -0.463. The Morgan fingerprint density at radius 1 is 1.03 bits per heavy atom. The summed E-state index contributed by atoms with van der Waals surface area (Å²) in [7, 11) is 1.56. The van der Waals surface area contributed by atoms with E-state index in [9.17, 15) is 9.59 Å². The molecule has 0 unspecified atom stereocenters. The number of hydrogen-bond donors (Lipinski definition) is 1.